The molecule has 1 saturated heterocycles. The van der Waals surface area contributed by atoms with Gasteiger partial charge in [-0.1, -0.05) is 0 Å². The molecule has 18 heavy (non-hydrogen) atoms. The van der Waals surface area contributed by atoms with Crippen molar-refractivity contribution in [2.45, 2.75) is 31.5 Å². The lowest BCUT2D eigenvalue weighted by Gasteiger charge is -2.16. The van der Waals surface area contributed by atoms with Gasteiger partial charge in [-0.15, -0.1) is 0 Å². The number of aromatic amines is 1. The van der Waals surface area contributed by atoms with Gasteiger partial charge in [-0.2, -0.15) is 0 Å². The molecule has 1 aromatic rings. The first-order chi connectivity index (χ1) is 8.35. The summed E-state index contributed by atoms with van der Waals surface area (Å²) < 4.78 is 20.3. The predicted molar refractivity (Wildman–Crippen MR) is 62.3 cm³/mol. The largest absolute Gasteiger partial charge is 0.393 e. The monoisotopic (exact) mass is 276 g/mol. The third kappa shape index (κ3) is 2.24. The molecule has 2 heterocycles. The number of nitrogens with one attached hydrogen (secondary N) is 1. The zero-order valence-electron chi connectivity index (χ0n) is 9.59. The first kappa shape index (κ1) is 13.3. The molecule has 0 amide bonds. The van der Waals surface area contributed by atoms with E-state index in [1.807, 2.05) is 0 Å². The van der Waals surface area contributed by atoms with E-state index in [0.717, 1.165) is 0 Å². The average Bonchev–Trinajstić information content (AvgIpc) is 2.58. The quantitative estimate of drug-likeness (QED) is 0.669. The molecule has 0 aromatic carbocycles. The van der Waals surface area contributed by atoms with Crippen LogP contribution in [0.15, 0.2) is 11.0 Å². The van der Waals surface area contributed by atoms with Crippen LogP contribution in [0.4, 0.5) is 4.39 Å². The van der Waals surface area contributed by atoms with E-state index in [9.17, 15) is 14.3 Å². The van der Waals surface area contributed by atoms with Gasteiger partial charge in [0, 0.05) is 11.8 Å². The SMILES string of the molecule is Cc1cn([C@H]2C[C@@](O)(F)[C@@H](CO)O2)c(=S)[nH]c1=O. The molecule has 3 atom stereocenters. The maximum absolute atomic E-state index is 13.7. The van der Waals surface area contributed by atoms with Gasteiger partial charge in [0.05, 0.1) is 13.0 Å². The number of hydrogen-bond donors (Lipinski definition) is 3. The van der Waals surface area contributed by atoms with E-state index in [4.69, 9.17) is 22.1 Å². The van der Waals surface area contributed by atoms with Gasteiger partial charge >= 0.3 is 0 Å². The van der Waals surface area contributed by atoms with Gasteiger partial charge in [0.2, 0.25) is 5.85 Å². The zero-order chi connectivity index (χ0) is 13.5. The van der Waals surface area contributed by atoms with Crippen molar-refractivity contribution in [1.82, 2.24) is 9.55 Å². The first-order valence-corrected chi connectivity index (χ1v) is 5.75. The molecule has 1 aliphatic heterocycles. The Morgan fingerprint density at radius 3 is 3.00 bits per heavy atom. The van der Waals surface area contributed by atoms with E-state index in [1.54, 1.807) is 6.92 Å². The van der Waals surface area contributed by atoms with Crippen LogP contribution in [0.2, 0.25) is 0 Å². The summed E-state index contributed by atoms with van der Waals surface area (Å²) in [5.74, 6) is -2.61. The molecule has 8 heteroatoms. The Labute approximate surface area is 107 Å². The predicted octanol–water partition coefficient (Wildman–Crippen LogP) is 0.152. The molecule has 1 aromatic heterocycles. The van der Waals surface area contributed by atoms with E-state index in [1.165, 1.54) is 10.8 Å². The summed E-state index contributed by atoms with van der Waals surface area (Å²) >= 11 is 4.95. The molecule has 0 bridgehead atoms. The van der Waals surface area contributed by atoms with Crippen LogP contribution in [0.3, 0.4) is 0 Å². The van der Waals surface area contributed by atoms with Crippen molar-refractivity contribution in [3.8, 4) is 0 Å². The molecule has 0 saturated carbocycles. The normalized spacial score (nSPS) is 31.8. The van der Waals surface area contributed by atoms with Crippen molar-refractivity contribution in [3.63, 3.8) is 0 Å². The molecule has 1 aliphatic rings. The minimum absolute atomic E-state index is 0.0741. The Hall–Kier alpha value is -1.09. The minimum Gasteiger partial charge on any atom is -0.393 e. The van der Waals surface area contributed by atoms with Crippen LogP contribution in [0.25, 0.3) is 0 Å². The summed E-state index contributed by atoms with van der Waals surface area (Å²) in [6, 6.07) is 0. The van der Waals surface area contributed by atoms with E-state index in [0.29, 0.717) is 5.56 Å². The van der Waals surface area contributed by atoms with Crippen LogP contribution in [0, 0.1) is 11.7 Å². The number of rotatable bonds is 2. The van der Waals surface area contributed by atoms with Gasteiger partial charge in [-0.3, -0.25) is 14.3 Å². The van der Waals surface area contributed by atoms with Crippen molar-refractivity contribution in [3.05, 3.63) is 26.9 Å². The second kappa shape index (κ2) is 4.54. The third-order valence-electron chi connectivity index (χ3n) is 2.90. The number of ether oxygens (including phenoxy) is 1. The lowest BCUT2D eigenvalue weighted by molar-refractivity contribution is -0.150. The van der Waals surface area contributed by atoms with Gasteiger partial charge in [0.1, 0.15) is 12.3 Å². The van der Waals surface area contributed by atoms with Crippen molar-refractivity contribution >= 4 is 12.2 Å². The molecule has 2 rings (SSSR count). The van der Waals surface area contributed by atoms with E-state index in [-0.39, 0.29) is 16.8 Å². The fraction of sp³-hybridized carbons (Fsp3) is 0.600. The van der Waals surface area contributed by atoms with Crippen molar-refractivity contribution in [2.24, 2.45) is 0 Å². The first-order valence-electron chi connectivity index (χ1n) is 5.35. The number of hydrogen-bond acceptors (Lipinski definition) is 5. The lowest BCUT2D eigenvalue weighted by Crippen LogP contribution is -2.35. The summed E-state index contributed by atoms with van der Waals surface area (Å²) in [6.07, 6.45) is -1.11. The smallest absolute Gasteiger partial charge is 0.254 e. The number of alkyl halides is 1. The van der Waals surface area contributed by atoms with Crippen molar-refractivity contribution in [1.29, 1.82) is 0 Å². The van der Waals surface area contributed by atoms with Crippen molar-refractivity contribution < 1.29 is 19.3 Å². The molecule has 3 N–H and O–H groups in total. The fourth-order valence-corrected chi connectivity index (χ4v) is 2.13. The van der Waals surface area contributed by atoms with Crippen LogP contribution in [0.1, 0.15) is 18.2 Å². The van der Waals surface area contributed by atoms with Gasteiger partial charge in [-0.05, 0) is 19.1 Å². The molecular weight excluding hydrogens is 263 g/mol. The Bertz CT molecular complexity index is 568. The highest BCUT2D eigenvalue weighted by Crippen LogP contribution is 2.37. The molecule has 6 nitrogen and oxygen atoms in total. The van der Waals surface area contributed by atoms with Gasteiger partial charge in [0.25, 0.3) is 5.56 Å². The second-order valence-electron chi connectivity index (χ2n) is 4.26. The van der Waals surface area contributed by atoms with Gasteiger partial charge in [-0.25, -0.2) is 4.39 Å². The highest BCUT2D eigenvalue weighted by molar-refractivity contribution is 7.71. The maximum atomic E-state index is 13.7. The lowest BCUT2D eigenvalue weighted by atomic mass is 10.1. The van der Waals surface area contributed by atoms with E-state index in [2.05, 4.69) is 4.98 Å². The molecule has 0 unspecified atom stereocenters. The summed E-state index contributed by atoms with van der Waals surface area (Å²) in [6.45, 7) is 0.934. The number of aromatic nitrogens is 2. The number of aryl methyl sites for hydroxylation is 1. The number of halogens is 1. The van der Waals surface area contributed by atoms with Crippen LogP contribution in [-0.2, 0) is 4.74 Å². The summed E-state index contributed by atoms with van der Waals surface area (Å²) in [4.78, 5) is 13.7. The summed E-state index contributed by atoms with van der Waals surface area (Å²) in [7, 11) is 0. The summed E-state index contributed by atoms with van der Waals surface area (Å²) in [5.41, 5.74) is 0.0607. The highest BCUT2D eigenvalue weighted by Gasteiger charge is 2.48. The number of H-pyrrole nitrogens is 1. The number of aliphatic hydroxyl groups excluding tert-OH is 1. The van der Waals surface area contributed by atoms with Crippen LogP contribution < -0.4 is 5.56 Å². The third-order valence-corrected chi connectivity index (χ3v) is 3.21. The Morgan fingerprint density at radius 2 is 2.44 bits per heavy atom. The topological polar surface area (TPSA) is 87.5 Å². The molecule has 0 spiro atoms. The number of nitrogens with zero attached hydrogens (tertiary/aromatic N) is 1. The highest BCUT2D eigenvalue weighted by atomic mass is 32.1. The standard InChI is InChI=1S/C10H13FN2O4S/c1-5-3-13(9(18)12-8(5)15)7-2-10(11,16)6(4-14)17-7/h3,6-7,14,16H,2,4H2,1H3,(H,12,15,18)/t6-,7-,10+/m1/s1. The molecule has 0 aliphatic carbocycles. The fourth-order valence-electron chi connectivity index (χ4n) is 1.87. The van der Waals surface area contributed by atoms with E-state index < -0.39 is 24.8 Å². The van der Waals surface area contributed by atoms with Crippen LogP contribution in [-0.4, -0.2) is 38.3 Å². The molecule has 100 valence electrons. The average molecular weight is 276 g/mol. The van der Waals surface area contributed by atoms with E-state index >= 15 is 0 Å². The van der Waals surface area contributed by atoms with Gasteiger partial charge in [0.15, 0.2) is 4.77 Å². The molecule has 1 fully saturated rings. The maximum Gasteiger partial charge on any atom is 0.254 e. The van der Waals surface area contributed by atoms with Crippen molar-refractivity contribution in [2.75, 3.05) is 6.61 Å². The van der Waals surface area contributed by atoms with Crippen LogP contribution in [0.5, 0.6) is 0 Å². The number of aliphatic hydroxyl groups is 2. The van der Waals surface area contributed by atoms with Crippen LogP contribution >= 0.6 is 12.2 Å². The Balaban J connectivity index is 2.38. The Kier molecular flexibility index (Phi) is 3.37. The van der Waals surface area contributed by atoms with Gasteiger partial charge < -0.3 is 14.9 Å². The molecule has 0 radical (unpaired) electrons. The zero-order valence-corrected chi connectivity index (χ0v) is 10.4. The summed E-state index contributed by atoms with van der Waals surface area (Å²) in [5, 5.41) is 18.3. The Morgan fingerprint density at radius 1 is 1.78 bits per heavy atom. The molecular formula is C10H13FN2O4S. The minimum atomic E-state index is -2.61. The second-order valence-corrected chi connectivity index (χ2v) is 4.65.